The fourth-order valence-corrected chi connectivity index (χ4v) is 2.12. The molecule has 0 aliphatic rings. The topological polar surface area (TPSA) is 77.8 Å². The van der Waals surface area contributed by atoms with Crippen molar-refractivity contribution in [3.8, 4) is 6.07 Å². The molecule has 96 valence electrons. The Kier molecular flexibility index (Phi) is 4.48. The van der Waals surface area contributed by atoms with Gasteiger partial charge in [0.25, 0.3) is 0 Å². The lowest BCUT2D eigenvalue weighted by Crippen LogP contribution is -2.30. The summed E-state index contributed by atoms with van der Waals surface area (Å²) in [5, 5.41) is 16.0. The first-order valence-electron chi connectivity index (χ1n) is 5.72. The predicted octanol–water partition coefficient (Wildman–Crippen LogP) is 2.38. The van der Waals surface area contributed by atoms with Gasteiger partial charge in [0.1, 0.15) is 6.07 Å². The van der Waals surface area contributed by atoms with E-state index in [1.807, 2.05) is 36.4 Å². The number of hydrogen-bond donors (Lipinski definition) is 2. The number of benzene rings is 1. The summed E-state index contributed by atoms with van der Waals surface area (Å²) in [6.07, 6.45) is 0.773. The smallest absolute Gasteiger partial charge is 0.321 e. The first kappa shape index (κ1) is 13.1. The largest absolute Gasteiger partial charge is 0.337 e. The molecule has 0 saturated carbocycles. The maximum absolute atomic E-state index is 11.6. The summed E-state index contributed by atoms with van der Waals surface area (Å²) in [6.45, 7) is 0.548. The number of anilines is 1. The monoisotopic (exact) mass is 272 g/mol. The third kappa shape index (κ3) is 4.08. The average molecular weight is 272 g/mol. The second-order valence-electron chi connectivity index (χ2n) is 3.77. The number of rotatable bonds is 4. The summed E-state index contributed by atoms with van der Waals surface area (Å²) in [6, 6.07) is 11.5. The fraction of sp³-hybridized carbons (Fsp3) is 0.154. The lowest BCUT2D eigenvalue weighted by Gasteiger charge is -2.05. The van der Waals surface area contributed by atoms with Crippen molar-refractivity contribution < 1.29 is 4.79 Å². The Hall–Kier alpha value is -2.39. The third-order valence-corrected chi connectivity index (χ3v) is 3.14. The number of carbonyl (C=O) groups is 1. The van der Waals surface area contributed by atoms with Crippen LogP contribution in [0.25, 0.3) is 0 Å². The predicted molar refractivity (Wildman–Crippen MR) is 74.0 cm³/mol. The van der Waals surface area contributed by atoms with Gasteiger partial charge in [-0.2, -0.15) is 5.26 Å². The highest BCUT2D eigenvalue weighted by Crippen LogP contribution is 2.13. The zero-order valence-corrected chi connectivity index (χ0v) is 10.9. The van der Waals surface area contributed by atoms with E-state index in [1.54, 1.807) is 5.38 Å². The van der Waals surface area contributed by atoms with Crippen LogP contribution in [0.15, 0.2) is 35.7 Å². The van der Waals surface area contributed by atoms with Crippen LogP contribution in [0.2, 0.25) is 0 Å². The van der Waals surface area contributed by atoms with Crippen molar-refractivity contribution in [2.75, 3.05) is 11.9 Å². The molecule has 1 heterocycles. The summed E-state index contributed by atoms with van der Waals surface area (Å²) < 4.78 is 0. The first-order valence-corrected chi connectivity index (χ1v) is 6.60. The second kappa shape index (κ2) is 6.52. The number of thiazole rings is 1. The summed E-state index contributed by atoms with van der Waals surface area (Å²) in [5.74, 6) is 0. The first-order chi connectivity index (χ1) is 9.28. The molecule has 6 heteroatoms. The van der Waals surface area contributed by atoms with E-state index in [4.69, 9.17) is 5.26 Å². The molecule has 0 unspecified atom stereocenters. The Labute approximate surface area is 114 Å². The van der Waals surface area contributed by atoms with E-state index in [1.165, 1.54) is 16.9 Å². The quantitative estimate of drug-likeness (QED) is 0.897. The third-order valence-electron chi connectivity index (χ3n) is 2.38. The van der Waals surface area contributed by atoms with Gasteiger partial charge < -0.3 is 5.32 Å². The van der Waals surface area contributed by atoms with Gasteiger partial charge in [-0.1, -0.05) is 30.3 Å². The minimum atomic E-state index is -0.310. The SMILES string of the molecule is N#Cc1csc(NC(=O)NCCc2ccccc2)n1. The van der Waals surface area contributed by atoms with E-state index in [9.17, 15) is 4.79 Å². The van der Waals surface area contributed by atoms with E-state index in [-0.39, 0.29) is 6.03 Å². The van der Waals surface area contributed by atoms with E-state index in [0.717, 1.165) is 6.42 Å². The highest BCUT2D eigenvalue weighted by molar-refractivity contribution is 7.14. The maximum atomic E-state index is 11.6. The molecule has 19 heavy (non-hydrogen) atoms. The number of amides is 2. The van der Waals surface area contributed by atoms with Gasteiger partial charge >= 0.3 is 6.03 Å². The molecular weight excluding hydrogens is 260 g/mol. The zero-order chi connectivity index (χ0) is 13.5. The summed E-state index contributed by atoms with van der Waals surface area (Å²) in [5.41, 5.74) is 1.48. The Balaban J connectivity index is 1.74. The number of urea groups is 1. The van der Waals surface area contributed by atoms with E-state index >= 15 is 0 Å². The molecule has 2 rings (SSSR count). The number of carbonyl (C=O) groups excluding carboxylic acids is 1. The van der Waals surface area contributed by atoms with Crippen LogP contribution < -0.4 is 10.6 Å². The van der Waals surface area contributed by atoms with Crippen molar-refractivity contribution >= 4 is 22.5 Å². The summed E-state index contributed by atoms with van der Waals surface area (Å²) in [4.78, 5) is 15.5. The molecule has 0 saturated heterocycles. The van der Waals surface area contributed by atoms with Crippen LogP contribution in [0, 0.1) is 11.3 Å². The highest BCUT2D eigenvalue weighted by Gasteiger charge is 2.05. The molecule has 0 bridgehead atoms. The molecule has 0 fully saturated rings. The number of nitrogens with one attached hydrogen (secondary N) is 2. The van der Waals surface area contributed by atoms with Gasteiger partial charge in [0.2, 0.25) is 0 Å². The van der Waals surface area contributed by atoms with Crippen LogP contribution in [0.5, 0.6) is 0 Å². The molecular formula is C13H12N4OS. The van der Waals surface area contributed by atoms with Crippen LogP contribution in [0.3, 0.4) is 0 Å². The van der Waals surface area contributed by atoms with Crippen molar-refractivity contribution in [3.05, 3.63) is 47.0 Å². The zero-order valence-electron chi connectivity index (χ0n) is 10.1. The molecule has 2 aromatic rings. The normalized spacial score (nSPS) is 9.63. The summed E-state index contributed by atoms with van der Waals surface area (Å²) >= 11 is 1.23. The lowest BCUT2D eigenvalue weighted by molar-refractivity contribution is 0.252. The second-order valence-corrected chi connectivity index (χ2v) is 4.62. The van der Waals surface area contributed by atoms with Crippen molar-refractivity contribution in [2.24, 2.45) is 0 Å². The Bertz CT molecular complexity index is 588. The standard InChI is InChI=1S/C13H12N4OS/c14-8-11-9-19-13(16-11)17-12(18)15-7-6-10-4-2-1-3-5-10/h1-5,9H,6-7H2,(H2,15,16,17,18). The Morgan fingerprint density at radius 1 is 1.37 bits per heavy atom. The molecule has 0 radical (unpaired) electrons. The van der Waals surface area contributed by atoms with E-state index < -0.39 is 0 Å². The Morgan fingerprint density at radius 2 is 2.16 bits per heavy atom. The van der Waals surface area contributed by atoms with Gasteiger partial charge in [-0.15, -0.1) is 11.3 Å². The molecule has 0 aliphatic heterocycles. The lowest BCUT2D eigenvalue weighted by atomic mass is 10.1. The highest BCUT2D eigenvalue weighted by atomic mass is 32.1. The van der Waals surface area contributed by atoms with Gasteiger partial charge in [0, 0.05) is 11.9 Å². The summed E-state index contributed by atoms with van der Waals surface area (Å²) in [7, 11) is 0. The molecule has 2 amide bonds. The Morgan fingerprint density at radius 3 is 2.84 bits per heavy atom. The van der Waals surface area contributed by atoms with Crippen LogP contribution in [0.1, 0.15) is 11.3 Å². The number of nitriles is 1. The van der Waals surface area contributed by atoms with Crippen molar-refractivity contribution in [1.29, 1.82) is 5.26 Å². The van der Waals surface area contributed by atoms with Crippen LogP contribution >= 0.6 is 11.3 Å². The molecule has 1 aromatic heterocycles. The van der Waals surface area contributed by atoms with Crippen molar-refractivity contribution in [3.63, 3.8) is 0 Å². The van der Waals surface area contributed by atoms with Crippen LogP contribution in [-0.2, 0) is 6.42 Å². The number of hydrogen-bond acceptors (Lipinski definition) is 4. The molecule has 0 aliphatic carbocycles. The van der Waals surface area contributed by atoms with Crippen molar-refractivity contribution in [2.45, 2.75) is 6.42 Å². The molecule has 1 aromatic carbocycles. The minimum Gasteiger partial charge on any atom is -0.337 e. The molecule has 5 nitrogen and oxygen atoms in total. The number of nitrogens with zero attached hydrogens (tertiary/aromatic N) is 2. The van der Waals surface area contributed by atoms with Gasteiger partial charge in [-0.05, 0) is 12.0 Å². The van der Waals surface area contributed by atoms with Gasteiger partial charge in [-0.25, -0.2) is 9.78 Å². The molecule has 0 spiro atoms. The van der Waals surface area contributed by atoms with Gasteiger partial charge in [-0.3, -0.25) is 5.32 Å². The van der Waals surface area contributed by atoms with Crippen LogP contribution in [-0.4, -0.2) is 17.6 Å². The van der Waals surface area contributed by atoms with Crippen molar-refractivity contribution in [1.82, 2.24) is 10.3 Å². The fourth-order valence-electron chi connectivity index (χ4n) is 1.49. The van der Waals surface area contributed by atoms with E-state index in [0.29, 0.717) is 17.4 Å². The van der Waals surface area contributed by atoms with Gasteiger partial charge in [0.05, 0.1) is 0 Å². The van der Waals surface area contributed by atoms with Gasteiger partial charge in [0.15, 0.2) is 10.8 Å². The minimum absolute atomic E-state index is 0.310. The average Bonchev–Trinajstić information content (AvgIpc) is 2.87. The van der Waals surface area contributed by atoms with E-state index in [2.05, 4.69) is 15.6 Å². The number of aromatic nitrogens is 1. The molecule has 2 N–H and O–H groups in total. The maximum Gasteiger partial charge on any atom is 0.321 e. The van der Waals surface area contributed by atoms with Crippen LogP contribution in [0.4, 0.5) is 9.93 Å². The molecule has 0 atom stereocenters.